The lowest BCUT2D eigenvalue weighted by atomic mass is 10.2. The van der Waals surface area contributed by atoms with E-state index in [1.807, 2.05) is 28.7 Å². The minimum absolute atomic E-state index is 0.101. The average Bonchev–Trinajstić information content (AvgIpc) is 2.41. The highest BCUT2D eigenvalue weighted by Gasteiger charge is 2.11. The van der Waals surface area contributed by atoms with Gasteiger partial charge in [-0.05, 0) is 52.9 Å². The van der Waals surface area contributed by atoms with Crippen LogP contribution in [0.1, 0.15) is 11.1 Å². The molecule has 20 heavy (non-hydrogen) atoms. The van der Waals surface area contributed by atoms with Crippen molar-refractivity contribution in [2.24, 2.45) is 0 Å². The van der Waals surface area contributed by atoms with Crippen LogP contribution < -0.4 is 10.5 Å². The van der Waals surface area contributed by atoms with E-state index in [1.54, 1.807) is 6.07 Å². The summed E-state index contributed by atoms with van der Waals surface area (Å²) in [5, 5.41) is 8.81. The molecule has 0 fully saturated rings. The van der Waals surface area contributed by atoms with Crippen LogP contribution in [0.3, 0.4) is 0 Å². The summed E-state index contributed by atoms with van der Waals surface area (Å²) < 4.78 is 32.6. The monoisotopic (exact) mass is 386 g/mol. The lowest BCUT2D eigenvalue weighted by Crippen LogP contribution is -2.03. The first kappa shape index (κ1) is 14.5. The van der Waals surface area contributed by atoms with Gasteiger partial charge in [0.15, 0.2) is 5.75 Å². The van der Waals surface area contributed by atoms with Crippen molar-refractivity contribution >= 4 is 28.3 Å². The summed E-state index contributed by atoms with van der Waals surface area (Å²) >= 11 is 1.97. The van der Waals surface area contributed by atoms with Gasteiger partial charge in [-0.15, -0.1) is 0 Å². The van der Waals surface area contributed by atoms with Gasteiger partial charge >= 0.3 is 0 Å². The van der Waals surface area contributed by atoms with Gasteiger partial charge in [-0.2, -0.15) is 5.26 Å². The first-order valence-corrected chi connectivity index (χ1v) is 6.65. The van der Waals surface area contributed by atoms with E-state index in [-0.39, 0.29) is 17.9 Å². The lowest BCUT2D eigenvalue weighted by molar-refractivity contribution is 0.298. The zero-order chi connectivity index (χ0) is 14.7. The first-order valence-electron chi connectivity index (χ1n) is 5.57. The molecule has 0 radical (unpaired) electrons. The highest BCUT2D eigenvalue weighted by atomic mass is 127. The Hall–Kier alpha value is -1.88. The minimum atomic E-state index is -0.548. The number of ether oxygens (including phenoxy) is 1. The van der Waals surface area contributed by atoms with Crippen LogP contribution in [0.25, 0.3) is 0 Å². The molecule has 0 aliphatic heterocycles. The van der Waals surface area contributed by atoms with Crippen LogP contribution in [0.5, 0.6) is 5.75 Å². The van der Waals surface area contributed by atoms with Crippen molar-refractivity contribution in [1.29, 1.82) is 5.26 Å². The fourth-order valence-corrected chi connectivity index (χ4v) is 2.44. The van der Waals surface area contributed by atoms with Crippen LogP contribution >= 0.6 is 22.6 Å². The Kier molecular flexibility index (Phi) is 4.39. The SMILES string of the molecule is N#Cc1cc(N)c(OCc2cc(F)ccc2F)c(I)c1. The van der Waals surface area contributed by atoms with Crippen LogP contribution in [0.4, 0.5) is 14.5 Å². The number of halogens is 3. The Labute approximate surface area is 128 Å². The molecule has 0 aliphatic carbocycles. The number of nitrogens with zero attached hydrogens (tertiary/aromatic N) is 1. The molecular weight excluding hydrogens is 377 g/mol. The Bertz CT molecular complexity index is 675. The fourth-order valence-electron chi connectivity index (χ4n) is 1.64. The van der Waals surface area contributed by atoms with Crippen molar-refractivity contribution in [2.45, 2.75) is 6.61 Å². The standard InChI is InChI=1S/C14H9F2IN2O/c15-10-1-2-11(16)9(5-10)7-20-14-12(17)3-8(6-18)4-13(14)19/h1-5H,7,19H2. The summed E-state index contributed by atoms with van der Waals surface area (Å²) in [5.74, 6) is -0.727. The number of hydrogen-bond acceptors (Lipinski definition) is 3. The maximum atomic E-state index is 13.5. The second kappa shape index (κ2) is 6.05. The van der Waals surface area contributed by atoms with E-state index in [0.29, 0.717) is 14.9 Å². The second-order valence-corrected chi connectivity index (χ2v) is 5.17. The third kappa shape index (κ3) is 3.17. The van der Waals surface area contributed by atoms with Crippen LogP contribution in [0.2, 0.25) is 0 Å². The van der Waals surface area contributed by atoms with Crippen molar-refractivity contribution in [3.8, 4) is 11.8 Å². The highest BCUT2D eigenvalue weighted by molar-refractivity contribution is 14.1. The van der Waals surface area contributed by atoms with Gasteiger partial charge in [-0.3, -0.25) is 0 Å². The summed E-state index contributed by atoms with van der Waals surface area (Å²) in [5.41, 5.74) is 6.58. The summed E-state index contributed by atoms with van der Waals surface area (Å²) in [4.78, 5) is 0. The van der Waals surface area contributed by atoms with Gasteiger partial charge in [0.05, 0.1) is 20.9 Å². The van der Waals surface area contributed by atoms with Crippen molar-refractivity contribution in [1.82, 2.24) is 0 Å². The molecule has 2 rings (SSSR count). The predicted octanol–water partition coefficient (Wildman–Crippen LogP) is 3.60. The molecule has 2 aromatic rings. The van der Waals surface area contributed by atoms with E-state index in [2.05, 4.69) is 0 Å². The molecule has 2 N–H and O–H groups in total. The minimum Gasteiger partial charge on any atom is -0.486 e. The molecule has 0 saturated carbocycles. The van der Waals surface area contributed by atoms with Gasteiger partial charge in [0, 0.05) is 5.56 Å². The molecule has 0 aromatic heterocycles. The molecule has 2 aromatic carbocycles. The van der Waals surface area contributed by atoms with Crippen molar-refractivity contribution in [3.05, 3.63) is 56.7 Å². The summed E-state index contributed by atoms with van der Waals surface area (Å²) in [6.07, 6.45) is 0. The molecule has 3 nitrogen and oxygen atoms in total. The summed E-state index contributed by atoms with van der Waals surface area (Å²) in [6.45, 7) is -0.143. The number of anilines is 1. The number of rotatable bonds is 3. The molecule has 0 atom stereocenters. The van der Waals surface area contributed by atoms with Crippen molar-refractivity contribution in [3.63, 3.8) is 0 Å². The number of benzene rings is 2. The molecule has 0 bridgehead atoms. The highest BCUT2D eigenvalue weighted by Crippen LogP contribution is 2.30. The van der Waals surface area contributed by atoms with E-state index in [4.69, 9.17) is 15.7 Å². The van der Waals surface area contributed by atoms with Crippen LogP contribution in [0.15, 0.2) is 30.3 Å². The second-order valence-electron chi connectivity index (χ2n) is 4.01. The van der Waals surface area contributed by atoms with Gasteiger partial charge in [-0.1, -0.05) is 0 Å². The molecular formula is C14H9F2IN2O. The number of nitriles is 1. The number of hydrogen-bond donors (Lipinski definition) is 1. The molecule has 0 spiro atoms. The van der Waals surface area contributed by atoms with Crippen LogP contribution in [-0.4, -0.2) is 0 Å². The summed E-state index contributed by atoms with van der Waals surface area (Å²) in [7, 11) is 0. The van der Waals surface area contributed by atoms with Crippen molar-refractivity contribution < 1.29 is 13.5 Å². The Balaban J connectivity index is 2.23. The van der Waals surface area contributed by atoms with E-state index in [0.717, 1.165) is 18.2 Å². The zero-order valence-electron chi connectivity index (χ0n) is 10.2. The molecule has 0 amide bonds. The van der Waals surface area contributed by atoms with Gasteiger partial charge in [0.25, 0.3) is 0 Å². The normalized spacial score (nSPS) is 10.1. The molecule has 0 saturated heterocycles. The van der Waals surface area contributed by atoms with E-state index in [9.17, 15) is 8.78 Å². The van der Waals surface area contributed by atoms with E-state index < -0.39 is 11.6 Å². The molecule has 6 heteroatoms. The first-order chi connectivity index (χ1) is 9.51. The predicted molar refractivity (Wildman–Crippen MR) is 79.0 cm³/mol. The zero-order valence-corrected chi connectivity index (χ0v) is 12.3. The van der Waals surface area contributed by atoms with Gasteiger partial charge in [0.2, 0.25) is 0 Å². The van der Waals surface area contributed by atoms with Gasteiger partial charge < -0.3 is 10.5 Å². The Morgan fingerprint density at radius 3 is 2.65 bits per heavy atom. The Morgan fingerprint density at radius 1 is 1.25 bits per heavy atom. The quantitative estimate of drug-likeness (QED) is 0.648. The molecule has 0 aliphatic rings. The van der Waals surface area contributed by atoms with Gasteiger partial charge in [-0.25, -0.2) is 8.78 Å². The number of nitrogen functional groups attached to an aromatic ring is 1. The van der Waals surface area contributed by atoms with Crippen molar-refractivity contribution in [2.75, 3.05) is 5.73 Å². The smallest absolute Gasteiger partial charge is 0.156 e. The third-order valence-electron chi connectivity index (χ3n) is 2.58. The lowest BCUT2D eigenvalue weighted by Gasteiger charge is -2.12. The maximum Gasteiger partial charge on any atom is 0.156 e. The van der Waals surface area contributed by atoms with Crippen LogP contribution in [0, 0.1) is 26.5 Å². The maximum absolute atomic E-state index is 13.5. The third-order valence-corrected chi connectivity index (χ3v) is 3.38. The topological polar surface area (TPSA) is 59.0 Å². The van der Waals surface area contributed by atoms with Gasteiger partial charge in [0.1, 0.15) is 18.2 Å². The van der Waals surface area contributed by atoms with Crippen LogP contribution in [-0.2, 0) is 6.61 Å². The van der Waals surface area contributed by atoms with E-state index >= 15 is 0 Å². The fraction of sp³-hybridized carbons (Fsp3) is 0.0714. The largest absolute Gasteiger partial charge is 0.486 e. The molecule has 0 unspecified atom stereocenters. The Morgan fingerprint density at radius 2 is 2.00 bits per heavy atom. The van der Waals surface area contributed by atoms with E-state index in [1.165, 1.54) is 6.07 Å². The number of nitrogens with two attached hydrogens (primary N) is 1. The average molecular weight is 386 g/mol. The molecule has 102 valence electrons. The molecule has 0 heterocycles. The summed E-state index contributed by atoms with van der Waals surface area (Å²) in [6, 6.07) is 8.21.